The highest BCUT2D eigenvalue weighted by Crippen LogP contribution is 2.26. The number of hydrogen-bond acceptors (Lipinski definition) is 2. The van der Waals surface area contributed by atoms with Gasteiger partial charge < -0.3 is 0 Å². The standard InChI is InChI=1S/C15H14ClNO/c1-10-6-5-7-12(14(10)16)15(18)11(2)13-8-3-4-9-17-13/h3-9,11H,1-2H3. The number of aryl methyl sites for hydroxylation is 1. The number of nitrogens with zero attached hydrogens (tertiary/aromatic N) is 1. The van der Waals surface area contributed by atoms with Gasteiger partial charge in [0.1, 0.15) is 0 Å². The van der Waals surface area contributed by atoms with E-state index in [2.05, 4.69) is 4.98 Å². The van der Waals surface area contributed by atoms with Gasteiger partial charge in [-0.05, 0) is 37.6 Å². The molecular formula is C15H14ClNO. The van der Waals surface area contributed by atoms with Crippen molar-refractivity contribution in [3.63, 3.8) is 0 Å². The van der Waals surface area contributed by atoms with Crippen molar-refractivity contribution in [3.05, 3.63) is 64.4 Å². The number of halogens is 1. The van der Waals surface area contributed by atoms with Gasteiger partial charge in [-0.15, -0.1) is 0 Å². The number of pyridine rings is 1. The summed E-state index contributed by atoms with van der Waals surface area (Å²) in [6.07, 6.45) is 1.69. The normalized spacial score (nSPS) is 12.2. The molecule has 0 bridgehead atoms. The van der Waals surface area contributed by atoms with E-state index in [1.165, 1.54) is 0 Å². The summed E-state index contributed by atoms with van der Waals surface area (Å²) in [7, 11) is 0. The average Bonchev–Trinajstić information content (AvgIpc) is 2.41. The van der Waals surface area contributed by atoms with Gasteiger partial charge in [-0.25, -0.2) is 0 Å². The molecule has 1 unspecified atom stereocenters. The smallest absolute Gasteiger partial charge is 0.173 e. The van der Waals surface area contributed by atoms with Crippen molar-refractivity contribution in [3.8, 4) is 0 Å². The number of carbonyl (C=O) groups is 1. The number of hydrogen-bond donors (Lipinski definition) is 0. The van der Waals surface area contributed by atoms with Gasteiger partial charge in [-0.2, -0.15) is 0 Å². The van der Waals surface area contributed by atoms with Crippen LogP contribution in [0.25, 0.3) is 0 Å². The lowest BCUT2D eigenvalue weighted by Crippen LogP contribution is -2.11. The Morgan fingerprint density at radius 3 is 2.67 bits per heavy atom. The van der Waals surface area contributed by atoms with Gasteiger partial charge in [0.25, 0.3) is 0 Å². The highest BCUT2D eigenvalue weighted by atomic mass is 35.5. The van der Waals surface area contributed by atoms with E-state index in [4.69, 9.17) is 11.6 Å². The van der Waals surface area contributed by atoms with Gasteiger partial charge in [-0.1, -0.05) is 29.8 Å². The zero-order valence-electron chi connectivity index (χ0n) is 10.4. The first-order chi connectivity index (χ1) is 8.61. The van der Waals surface area contributed by atoms with E-state index in [9.17, 15) is 4.79 Å². The van der Waals surface area contributed by atoms with E-state index < -0.39 is 0 Å². The first-order valence-electron chi connectivity index (χ1n) is 5.81. The van der Waals surface area contributed by atoms with Crippen LogP contribution in [0.15, 0.2) is 42.6 Å². The maximum Gasteiger partial charge on any atom is 0.173 e. The number of aromatic nitrogens is 1. The van der Waals surface area contributed by atoms with Crippen LogP contribution in [0.4, 0.5) is 0 Å². The zero-order chi connectivity index (χ0) is 13.1. The minimum absolute atomic E-state index is 0.00222. The molecule has 1 heterocycles. The summed E-state index contributed by atoms with van der Waals surface area (Å²) in [6, 6.07) is 11.1. The highest BCUT2D eigenvalue weighted by molar-refractivity contribution is 6.34. The Hall–Kier alpha value is -1.67. The summed E-state index contributed by atoms with van der Waals surface area (Å²) in [6.45, 7) is 3.74. The van der Waals surface area contributed by atoms with Crippen LogP contribution in [0.5, 0.6) is 0 Å². The largest absolute Gasteiger partial charge is 0.293 e. The van der Waals surface area contributed by atoms with Crippen molar-refractivity contribution in [2.24, 2.45) is 0 Å². The summed E-state index contributed by atoms with van der Waals surface area (Å²) in [5.41, 5.74) is 2.24. The molecule has 1 aromatic heterocycles. The fourth-order valence-corrected chi connectivity index (χ4v) is 2.06. The van der Waals surface area contributed by atoms with Crippen molar-refractivity contribution in [1.29, 1.82) is 0 Å². The van der Waals surface area contributed by atoms with Crippen LogP contribution in [0.1, 0.15) is 34.5 Å². The van der Waals surface area contributed by atoms with Gasteiger partial charge in [0.05, 0.1) is 16.6 Å². The molecular weight excluding hydrogens is 246 g/mol. The zero-order valence-corrected chi connectivity index (χ0v) is 11.1. The SMILES string of the molecule is Cc1cccc(C(=O)C(C)c2ccccn2)c1Cl. The Bertz CT molecular complexity index is 566. The summed E-state index contributed by atoms with van der Waals surface area (Å²) < 4.78 is 0. The molecule has 0 N–H and O–H groups in total. The second-order valence-corrected chi connectivity index (χ2v) is 4.65. The lowest BCUT2D eigenvalue weighted by molar-refractivity contribution is 0.0964. The van der Waals surface area contributed by atoms with Gasteiger partial charge >= 0.3 is 0 Å². The Balaban J connectivity index is 2.35. The topological polar surface area (TPSA) is 30.0 Å². The predicted molar refractivity (Wildman–Crippen MR) is 73.2 cm³/mol. The minimum Gasteiger partial charge on any atom is -0.293 e. The lowest BCUT2D eigenvalue weighted by Gasteiger charge is -2.12. The fourth-order valence-electron chi connectivity index (χ4n) is 1.84. The quantitative estimate of drug-likeness (QED) is 0.779. The Labute approximate surface area is 112 Å². The molecule has 3 heteroatoms. The lowest BCUT2D eigenvalue weighted by atomic mass is 9.95. The third kappa shape index (κ3) is 2.44. The van der Waals surface area contributed by atoms with Gasteiger partial charge in [0.15, 0.2) is 5.78 Å². The van der Waals surface area contributed by atoms with Crippen molar-refractivity contribution in [2.45, 2.75) is 19.8 Å². The predicted octanol–water partition coefficient (Wildman–Crippen LogP) is 4.03. The third-order valence-electron chi connectivity index (χ3n) is 2.98. The Morgan fingerprint density at radius 1 is 1.22 bits per heavy atom. The van der Waals surface area contributed by atoms with E-state index >= 15 is 0 Å². The molecule has 1 atom stereocenters. The van der Waals surface area contributed by atoms with Crippen LogP contribution in [-0.2, 0) is 0 Å². The first kappa shape index (κ1) is 12.8. The molecule has 0 fully saturated rings. The molecule has 0 aliphatic carbocycles. The second kappa shape index (κ2) is 5.32. The molecule has 2 aromatic rings. The number of Topliss-reactive ketones (excluding diaryl/α,β-unsaturated/α-hetero) is 1. The van der Waals surface area contributed by atoms with Gasteiger partial charge in [0.2, 0.25) is 0 Å². The maximum absolute atomic E-state index is 12.4. The van der Waals surface area contributed by atoms with Crippen LogP contribution in [0, 0.1) is 6.92 Å². The van der Waals surface area contributed by atoms with Crippen molar-refractivity contribution in [2.75, 3.05) is 0 Å². The molecule has 0 aliphatic heterocycles. The van der Waals surface area contributed by atoms with Crippen LogP contribution in [0.3, 0.4) is 0 Å². The fraction of sp³-hybridized carbons (Fsp3) is 0.200. The summed E-state index contributed by atoms with van der Waals surface area (Å²) in [4.78, 5) is 16.6. The first-order valence-corrected chi connectivity index (χ1v) is 6.19. The van der Waals surface area contributed by atoms with E-state index in [-0.39, 0.29) is 11.7 Å². The van der Waals surface area contributed by atoms with Crippen molar-refractivity contribution in [1.82, 2.24) is 4.98 Å². The van der Waals surface area contributed by atoms with E-state index in [0.29, 0.717) is 10.6 Å². The molecule has 2 rings (SSSR count). The van der Waals surface area contributed by atoms with Crippen LogP contribution < -0.4 is 0 Å². The number of rotatable bonds is 3. The molecule has 1 aromatic carbocycles. The molecule has 0 amide bonds. The molecule has 0 radical (unpaired) electrons. The van der Waals surface area contributed by atoms with Crippen LogP contribution in [-0.4, -0.2) is 10.8 Å². The average molecular weight is 260 g/mol. The number of benzene rings is 1. The summed E-state index contributed by atoms with van der Waals surface area (Å²) in [5, 5.41) is 0.533. The van der Waals surface area contributed by atoms with Crippen LogP contribution in [0.2, 0.25) is 5.02 Å². The molecule has 0 aliphatic rings. The van der Waals surface area contributed by atoms with E-state index in [1.807, 2.05) is 44.2 Å². The molecule has 0 saturated heterocycles. The minimum atomic E-state index is -0.287. The Morgan fingerprint density at radius 2 is 2.00 bits per heavy atom. The van der Waals surface area contributed by atoms with Crippen molar-refractivity contribution >= 4 is 17.4 Å². The summed E-state index contributed by atoms with van der Waals surface area (Å²) in [5.74, 6) is -0.284. The second-order valence-electron chi connectivity index (χ2n) is 4.28. The molecule has 0 spiro atoms. The molecule has 92 valence electrons. The van der Waals surface area contributed by atoms with E-state index in [1.54, 1.807) is 12.3 Å². The number of ketones is 1. The van der Waals surface area contributed by atoms with Gasteiger partial charge in [0, 0.05) is 11.8 Å². The summed E-state index contributed by atoms with van der Waals surface area (Å²) >= 11 is 6.18. The number of carbonyl (C=O) groups excluding carboxylic acids is 1. The maximum atomic E-state index is 12.4. The molecule has 0 saturated carbocycles. The van der Waals surface area contributed by atoms with Crippen LogP contribution >= 0.6 is 11.6 Å². The monoisotopic (exact) mass is 259 g/mol. The Kier molecular flexibility index (Phi) is 3.78. The highest BCUT2D eigenvalue weighted by Gasteiger charge is 2.20. The molecule has 18 heavy (non-hydrogen) atoms. The third-order valence-corrected chi connectivity index (χ3v) is 3.48. The van der Waals surface area contributed by atoms with E-state index in [0.717, 1.165) is 11.3 Å². The molecule has 2 nitrogen and oxygen atoms in total. The van der Waals surface area contributed by atoms with Crippen molar-refractivity contribution < 1.29 is 4.79 Å². The van der Waals surface area contributed by atoms with Gasteiger partial charge in [-0.3, -0.25) is 9.78 Å².